The van der Waals surface area contributed by atoms with Gasteiger partial charge in [-0.15, -0.1) is 0 Å². The number of alkyl halides is 3. The zero-order chi connectivity index (χ0) is 13.2. The number of rotatable bonds is 4. The fraction of sp³-hybridized carbons (Fsp3) is 0.700. The van der Waals surface area contributed by atoms with Crippen molar-refractivity contribution in [3.8, 4) is 5.75 Å². The van der Waals surface area contributed by atoms with E-state index >= 15 is 0 Å². The molecular weight excluding hydrogens is 235 g/mol. The Bertz CT molecular complexity index is 387. The van der Waals surface area contributed by atoms with Crippen LogP contribution in [-0.2, 0) is 7.05 Å². The molecule has 1 aromatic rings. The van der Waals surface area contributed by atoms with Crippen molar-refractivity contribution in [1.82, 2.24) is 9.78 Å². The Morgan fingerprint density at radius 2 is 2.00 bits per heavy atom. The van der Waals surface area contributed by atoms with E-state index in [2.05, 4.69) is 5.10 Å². The van der Waals surface area contributed by atoms with E-state index in [4.69, 9.17) is 10.5 Å². The van der Waals surface area contributed by atoms with E-state index in [0.717, 1.165) is 0 Å². The van der Waals surface area contributed by atoms with Gasteiger partial charge in [0, 0.05) is 13.6 Å². The van der Waals surface area contributed by atoms with Crippen LogP contribution in [0.25, 0.3) is 0 Å². The number of ether oxygens (including phenoxy) is 1. The zero-order valence-corrected chi connectivity index (χ0v) is 10.0. The maximum absolute atomic E-state index is 12.4. The summed E-state index contributed by atoms with van der Waals surface area (Å²) in [5.41, 5.74) is 6.35. The lowest BCUT2D eigenvalue weighted by molar-refractivity contribution is -0.178. The van der Waals surface area contributed by atoms with Crippen LogP contribution in [0.2, 0.25) is 0 Å². The number of halogens is 3. The molecule has 0 aromatic carbocycles. The smallest absolute Gasteiger partial charge is 0.396 e. The first-order valence-electron chi connectivity index (χ1n) is 5.17. The first-order chi connectivity index (χ1) is 7.77. The van der Waals surface area contributed by atoms with Gasteiger partial charge in [-0.25, -0.2) is 0 Å². The van der Waals surface area contributed by atoms with Crippen LogP contribution < -0.4 is 10.5 Å². The predicted molar refractivity (Wildman–Crippen MR) is 56.8 cm³/mol. The van der Waals surface area contributed by atoms with Crippen LogP contribution in [0, 0.1) is 19.8 Å². The molecule has 1 aromatic heterocycles. The molecule has 7 heteroatoms. The first-order valence-corrected chi connectivity index (χ1v) is 5.17. The third-order valence-electron chi connectivity index (χ3n) is 2.62. The molecule has 1 heterocycles. The fourth-order valence-electron chi connectivity index (χ4n) is 1.44. The highest BCUT2D eigenvalue weighted by molar-refractivity contribution is 5.31. The average Bonchev–Trinajstić information content (AvgIpc) is 2.43. The molecule has 0 aliphatic carbocycles. The van der Waals surface area contributed by atoms with Gasteiger partial charge in [0.05, 0.1) is 5.69 Å². The SMILES string of the molecule is Cc1nn(C)c(C)c1OCC(CN)C(F)(F)F. The molecule has 0 fully saturated rings. The molecule has 0 aliphatic rings. The van der Waals surface area contributed by atoms with Crippen LogP contribution in [0.1, 0.15) is 11.4 Å². The second-order valence-electron chi connectivity index (χ2n) is 3.91. The van der Waals surface area contributed by atoms with Crippen molar-refractivity contribution in [2.75, 3.05) is 13.2 Å². The van der Waals surface area contributed by atoms with Gasteiger partial charge in [-0.1, -0.05) is 0 Å². The Morgan fingerprint density at radius 3 is 2.35 bits per heavy atom. The number of nitrogens with zero attached hydrogens (tertiary/aromatic N) is 2. The molecular formula is C10H16F3N3O. The Kier molecular flexibility index (Phi) is 4.03. The molecule has 0 saturated heterocycles. The second kappa shape index (κ2) is 4.95. The number of aryl methyl sites for hydroxylation is 2. The standard InChI is InChI=1S/C10H16F3N3O/c1-6-9(7(2)16(3)15-6)17-5-8(4-14)10(11,12)13/h8H,4-5,14H2,1-3H3. The maximum Gasteiger partial charge on any atom is 0.396 e. The Labute approximate surface area is 97.5 Å². The summed E-state index contributed by atoms with van der Waals surface area (Å²) in [7, 11) is 1.71. The summed E-state index contributed by atoms with van der Waals surface area (Å²) in [6.45, 7) is 2.46. The number of nitrogens with two attached hydrogens (primary N) is 1. The molecule has 0 spiro atoms. The third kappa shape index (κ3) is 3.12. The topological polar surface area (TPSA) is 53.1 Å². The summed E-state index contributed by atoms with van der Waals surface area (Å²) < 4.78 is 44.1. The third-order valence-corrected chi connectivity index (χ3v) is 2.62. The van der Waals surface area contributed by atoms with Gasteiger partial charge in [0.2, 0.25) is 0 Å². The van der Waals surface area contributed by atoms with Crippen molar-refractivity contribution >= 4 is 0 Å². The number of hydrogen-bond donors (Lipinski definition) is 1. The molecule has 98 valence electrons. The monoisotopic (exact) mass is 251 g/mol. The van der Waals surface area contributed by atoms with E-state index in [0.29, 0.717) is 17.1 Å². The zero-order valence-electron chi connectivity index (χ0n) is 10.0. The Morgan fingerprint density at radius 1 is 1.41 bits per heavy atom. The minimum Gasteiger partial charge on any atom is -0.489 e. The first kappa shape index (κ1) is 13.8. The Hall–Kier alpha value is -1.24. The number of aromatic nitrogens is 2. The summed E-state index contributed by atoms with van der Waals surface area (Å²) in [6, 6.07) is 0. The molecule has 2 N–H and O–H groups in total. The van der Waals surface area contributed by atoms with Crippen LogP contribution in [0.3, 0.4) is 0 Å². The summed E-state index contributed by atoms with van der Waals surface area (Å²) >= 11 is 0. The van der Waals surface area contributed by atoms with E-state index in [1.54, 1.807) is 25.6 Å². The van der Waals surface area contributed by atoms with Crippen molar-refractivity contribution in [3.05, 3.63) is 11.4 Å². The molecule has 17 heavy (non-hydrogen) atoms. The van der Waals surface area contributed by atoms with E-state index in [1.807, 2.05) is 0 Å². The predicted octanol–water partition coefficient (Wildman–Crippen LogP) is 1.55. The summed E-state index contributed by atoms with van der Waals surface area (Å²) in [4.78, 5) is 0. The molecule has 0 saturated carbocycles. The van der Waals surface area contributed by atoms with Crippen LogP contribution in [0.15, 0.2) is 0 Å². The molecule has 0 bridgehead atoms. The van der Waals surface area contributed by atoms with Crippen LogP contribution >= 0.6 is 0 Å². The van der Waals surface area contributed by atoms with E-state index < -0.39 is 25.2 Å². The van der Waals surface area contributed by atoms with Crippen molar-refractivity contribution in [2.45, 2.75) is 20.0 Å². The lowest BCUT2D eigenvalue weighted by Crippen LogP contribution is -2.35. The van der Waals surface area contributed by atoms with Crippen molar-refractivity contribution in [2.24, 2.45) is 18.7 Å². The van der Waals surface area contributed by atoms with Gasteiger partial charge >= 0.3 is 6.18 Å². The molecule has 0 amide bonds. The Balaban J connectivity index is 2.73. The van der Waals surface area contributed by atoms with Gasteiger partial charge in [-0.3, -0.25) is 4.68 Å². The minimum absolute atomic E-state index is 0.398. The highest BCUT2D eigenvalue weighted by Crippen LogP contribution is 2.28. The largest absolute Gasteiger partial charge is 0.489 e. The minimum atomic E-state index is -4.33. The van der Waals surface area contributed by atoms with Gasteiger partial charge in [0.25, 0.3) is 0 Å². The summed E-state index contributed by atoms with van der Waals surface area (Å²) in [5.74, 6) is -1.25. The average molecular weight is 251 g/mol. The highest BCUT2D eigenvalue weighted by atomic mass is 19.4. The van der Waals surface area contributed by atoms with E-state index in [-0.39, 0.29) is 0 Å². The molecule has 1 rings (SSSR count). The van der Waals surface area contributed by atoms with Gasteiger partial charge in [0.1, 0.15) is 18.2 Å². The molecule has 0 aliphatic heterocycles. The maximum atomic E-state index is 12.4. The number of hydrogen-bond acceptors (Lipinski definition) is 3. The molecule has 1 atom stereocenters. The molecule has 0 radical (unpaired) electrons. The molecule has 1 unspecified atom stereocenters. The van der Waals surface area contributed by atoms with Crippen molar-refractivity contribution in [3.63, 3.8) is 0 Å². The van der Waals surface area contributed by atoms with Gasteiger partial charge in [0.15, 0.2) is 5.75 Å². The van der Waals surface area contributed by atoms with Crippen LogP contribution in [-0.4, -0.2) is 29.1 Å². The lowest BCUT2D eigenvalue weighted by Gasteiger charge is -2.18. The summed E-state index contributed by atoms with van der Waals surface area (Å²) in [5, 5.41) is 4.06. The van der Waals surface area contributed by atoms with Gasteiger partial charge in [-0.05, 0) is 13.8 Å². The normalized spacial score (nSPS) is 13.8. The van der Waals surface area contributed by atoms with Crippen molar-refractivity contribution in [1.29, 1.82) is 0 Å². The van der Waals surface area contributed by atoms with Crippen molar-refractivity contribution < 1.29 is 17.9 Å². The lowest BCUT2D eigenvalue weighted by atomic mass is 10.1. The van der Waals surface area contributed by atoms with Crippen LogP contribution in [0.5, 0.6) is 5.75 Å². The molecule has 4 nitrogen and oxygen atoms in total. The fourth-order valence-corrected chi connectivity index (χ4v) is 1.44. The summed E-state index contributed by atoms with van der Waals surface area (Å²) in [6.07, 6.45) is -4.33. The van der Waals surface area contributed by atoms with Crippen LogP contribution in [0.4, 0.5) is 13.2 Å². The highest BCUT2D eigenvalue weighted by Gasteiger charge is 2.39. The quantitative estimate of drug-likeness (QED) is 0.883. The van der Waals surface area contributed by atoms with E-state index in [9.17, 15) is 13.2 Å². The van der Waals surface area contributed by atoms with E-state index in [1.165, 1.54) is 0 Å². The van der Waals surface area contributed by atoms with Gasteiger partial charge < -0.3 is 10.5 Å². The second-order valence-corrected chi connectivity index (χ2v) is 3.91. The van der Waals surface area contributed by atoms with Gasteiger partial charge in [-0.2, -0.15) is 18.3 Å².